The molecule has 1 unspecified atom stereocenters. The highest BCUT2D eigenvalue weighted by atomic mass is 16.6. The second kappa shape index (κ2) is 5.75. The van der Waals surface area contributed by atoms with E-state index >= 15 is 0 Å². The topological polar surface area (TPSA) is 97.2 Å². The number of nitro groups is 1. The van der Waals surface area contributed by atoms with Crippen LogP contribution >= 0.6 is 0 Å². The Morgan fingerprint density at radius 3 is 3.11 bits per heavy atom. The zero-order valence-electron chi connectivity index (χ0n) is 10.7. The van der Waals surface area contributed by atoms with Crippen LogP contribution in [0, 0.1) is 17.0 Å². The monoisotopic (exact) mass is 264 g/mol. The van der Waals surface area contributed by atoms with E-state index in [1.807, 2.05) is 0 Å². The Morgan fingerprint density at radius 2 is 2.47 bits per heavy atom. The lowest BCUT2D eigenvalue weighted by Crippen LogP contribution is -2.37. The minimum Gasteiger partial charge on any atom is -0.350 e. The molecule has 1 atom stereocenters. The summed E-state index contributed by atoms with van der Waals surface area (Å²) < 4.78 is 0. The third-order valence-corrected chi connectivity index (χ3v) is 3.20. The van der Waals surface area contributed by atoms with Crippen LogP contribution in [0.15, 0.2) is 12.3 Å². The molecule has 2 N–H and O–H groups in total. The maximum absolute atomic E-state index is 12.0. The summed E-state index contributed by atoms with van der Waals surface area (Å²) in [4.78, 5) is 26.0. The van der Waals surface area contributed by atoms with Crippen LogP contribution in [0.1, 0.15) is 28.9 Å². The Bertz CT molecular complexity index is 498. The van der Waals surface area contributed by atoms with Crippen LogP contribution in [0.5, 0.6) is 0 Å². The molecule has 1 aliphatic rings. The van der Waals surface area contributed by atoms with E-state index in [0.29, 0.717) is 12.2 Å². The van der Waals surface area contributed by atoms with E-state index < -0.39 is 4.92 Å². The molecule has 0 saturated carbocycles. The molecule has 2 heterocycles. The van der Waals surface area contributed by atoms with E-state index in [9.17, 15) is 14.9 Å². The van der Waals surface area contributed by atoms with Gasteiger partial charge in [-0.1, -0.05) is 0 Å². The largest absolute Gasteiger partial charge is 0.350 e. The number of pyridine rings is 1. The molecule has 0 radical (unpaired) electrons. The fourth-order valence-corrected chi connectivity index (χ4v) is 2.09. The Balaban J connectivity index is 2.04. The van der Waals surface area contributed by atoms with Crippen molar-refractivity contribution in [3.63, 3.8) is 0 Å². The molecule has 7 heteroatoms. The molecule has 1 fully saturated rings. The number of rotatable bonds is 4. The number of nitrogens with one attached hydrogen (secondary N) is 2. The van der Waals surface area contributed by atoms with Crippen molar-refractivity contribution < 1.29 is 9.72 Å². The van der Waals surface area contributed by atoms with E-state index in [-0.39, 0.29) is 23.2 Å². The summed E-state index contributed by atoms with van der Waals surface area (Å²) in [6.07, 6.45) is 3.30. The quantitative estimate of drug-likeness (QED) is 0.618. The number of hydrogen-bond acceptors (Lipinski definition) is 5. The lowest BCUT2D eigenvalue weighted by Gasteiger charge is -2.12. The van der Waals surface area contributed by atoms with Gasteiger partial charge in [0.25, 0.3) is 11.6 Å². The average molecular weight is 264 g/mol. The van der Waals surface area contributed by atoms with Gasteiger partial charge in [0.05, 0.1) is 16.2 Å². The van der Waals surface area contributed by atoms with Crippen molar-refractivity contribution in [3.05, 3.63) is 33.6 Å². The number of amides is 1. The van der Waals surface area contributed by atoms with E-state index in [1.54, 1.807) is 6.92 Å². The molecule has 0 spiro atoms. The molecule has 0 bridgehead atoms. The molecule has 0 aliphatic carbocycles. The highest BCUT2D eigenvalue weighted by Crippen LogP contribution is 2.14. The molecule has 1 aromatic heterocycles. The number of carbonyl (C=O) groups is 1. The third-order valence-electron chi connectivity index (χ3n) is 3.20. The number of nitrogens with zero attached hydrogens (tertiary/aromatic N) is 2. The minimum absolute atomic E-state index is 0.172. The molecule has 1 aromatic rings. The molecule has 2 rings (SSSR count). The summed E-state index contributed by atoms with van der Waals surface area (Å²) in [6.45, 7) is 3.16. The smallest absolute Gasteiger partial charge is 0.288 e. The maximum Gasteiger partial charge on any atom is 0.288 e. The molecule has 19 heavy (non-hydrogen) atoms. The summed E-state index contributed by atoms with van der Waals surface area (Å²) in [6, 6.07) is 1.55. The predicted octanol–water partition coefficient (Wildman–Crippen LogP) is 0.780. The Hall–Kier alpha value is -2.02. The first-order chi connectivity index (χ1) is 9.08. The number of hydrogen-bond donors (Lipinski definition) is 2. The van der Waals surface area contributed by atoms with Crippen molar-refractivity contribution in [1.82, 2.24) is 15.6 Å². The lowest BCUT2D eigenvalue weighted by atomic mass is 10.1. The van der Waals surface area contributed by atoms with Crippen molar-refractivity contribution in [1.29, 1.82) is 0 Å². The maximum atomic E-state index is 12.0. The van der Waals surface area contributed by atoms with Crippen LogP contribution in [0.3, 0.4) is 0 Å². The summed E-state index contributed by atoms with van der Waals surface area (Å²) in [7, 11) is 0. The minimum atomic E-state index is -0.554. The Labute approximate surface area is 110 Å². The summed E-state index contributed by atoms with van der Waals surface area (Å²) >= 11 is 0. The van der Waals surface area contributed by atoms with Crippen LogP contribution in [-0.2, 0) is 0 Å². The average Bonchev–Trinajstić information content (AvgIpc) is 2.89. The van der Waals surface area contributed by atoms with Gasteiger partial charge in [-0.3, -0.25) is 19.9 Å². The number of aromatic nitrogens is 1. The van der Waals surface area contributed by atoms with Crippen molar-refractivity contribution in [3.8, 4) is 0 Å². The molecule has 0 aromatic carbocycles. The first-order valence-corrected chi connectivity index (χ1v) is 6.20. The van der Waals surface area contributed by atoms with Crippen molar-refractivity contribution in [2.24, 2.45) is 0 Å². The fourth-order valence-electron chi connectivity index (χ4n) is 2.09. The Kier molecular flexibility index (Phi) is 4.06. The normalized spacial score (nSPS) is 18.3. The number of carbonyl (C=O) groups excluding carboxylic acids is 1. The van der Waals surface area contributed by atoms with Crippen molar-refractivity contribution >= 4 is 11.6 Å². The van der Waals surface area contributed by atoms with Gasteiger partial charge < -0.3 is 10.6 Å². The van der Waals surface area contributed by atoms with Gasteiger partial charge in [0.1, 0.15) is 6.20 Å². The van der Waals surface area contributed by atoms with E-state index in [2.05, 4.69) is 15.6 Å². The molecule has 7 nitrogen and oxygen atoms in total. The lowest BCUT2D eigenvalue weighted by molar-refractivity contribution is -0.385. The highest BCUT2D eigenvalue weighted by molar-refractivity contribution is 5.95. The van der Waals surface area contributed by atoms with Gasteiger partial charge >= 0.3 is 0 Å². The zero-order valence-corrected chi connectivity index (χ0v) is 10.7. The first kappa shape index (κ1) is 13.4. The summed E-state index contributed by atoms with van der Waals surface area (Å²) in [5, 5.41) is 16.7. The van der Waals surface area contributed by atoms with E-state index in [1.165, 1.54) is 6.07 Å². The fraction of sp³-hybridized carbons (Fsp3) is 0.500. The van der Waals surface area contributed by atoms with Gasteiger partial charge in [-0.2, -0.15) is 0 Å². The highest BCUT2D eigenvalue weighted by Gasteiger charge is 2.18. The summed E-state index contributed by atoms with van der Waals surface area (Å²) in [5.41, 5.74) is 0.574. The van der Waals surface area contributed by atoms with Crippen LogP contribution in [-0.4, -0.2) is 34.9 Å². The van der Waals surface area contributed by atoms with Crippen LogP contribution < -0.4 is 10.6 Å². The van der Waals surface area contributed by atoms with Gasteiger partial charge in [0.15, 0.2) is 0 Å². The van der Waals surface area contributed by atoms with E-state index in [4.69, 9.17) is 0 Å². The first-order valence-electron chi connectivity index (χ1n) is 6.20. The molecule has 102 valence electrons. The predicted molar refractivity (Wildman–Crippen MR) is 69.0 cm³/mol. The third kappa shape index (κ3) is 3.25. The second-order valence-corrected chi connectivity index (χ2v) is 4.59. The Morgan fingerprint density at radius 1 is 1.68 bits per heavy atom. The standard InChI is InChI=1S/C12H16N4O3/c1-8-11(5-10(7-14-8)16(18)19)12(17)15-6-9-3-2-4-13-9/h5,7,9,13H,2-4,6H2,1H3,(H,15,17). The number of aryl methyl sites for hydroxylation is 1. The summed E-state index contributed by atoms with van der Waals surface area (Å²) in [5.74, 6) is -0.317. The molecular formula is C12H16N4O3. The second-order valence-electron chi connectivity index (χ2n) is 4.59. The van der Waals surface area contributed by atoms with Gasteiger partial charge in [-0.15, -0.1) is 0 Å². The van der Waals surface area contributed by atoms with Gasteiger partial charge in [0.2, 0.25) is 0 Å². The molecule has 1 saturated heterocycles. The van der Waals surface area contributed by atoms with Crippen molar-refractivity contribution in [2.45, 2.75) is 25.8 Å². The zero-order chi connectivity index (χ0) is 13.8. The van der Waals surface area contributed by atoms with Gasteiger partial charge in [-0.05, 0) is 26.3 Å². The molecular weight excluding hydrogens is 248 g/mol. The van der Waals surface area contributed by atoms with Crippen LogP contribution in [0.25, 0.3) is 0 Å². The van der Waals surface area contributed by atoms with Crippen LogP contribution in [0.4, 0.5) is 5.69 Å². The molecule has 1 amide bonds. The van der Waals surface area contributed by atoms with Gasteiger partial charge in [-0.25, -0.2) is 0 Å². The molecule has 1 aliphatic heterocycles. The van der Waals surface area contributed by atoms with Gasteiger partial charge in [0, 0.05) is 18.7 Å². The SMILES string of the molecule is Cc1ncc([N+](=O)[O-])cc1C(=O)NCC1CCCN1. The van der Waals surface area contributed by atoms with Crippen LogP contribution in [0.2, 0.25) is 0 Å². The van der Waals surface area contributed by atoms with E-state index in [0.717, 1.165) is 25.6 Å². The van der Waals surface area contributed by atoms with Crippen molar-refractivity contribution in [2.75, 3.05) is 13.1 Å².